The first-order chi connectivity index (χ1) is 9.15. The van der Waals surface area contributed by atoms with Crippen LogP contribution in [0, 0.1) is 17.8 Å². The maximum atomic E-state index is 4.25. The SMILES string of the molecule is CC(C)CNCC1CCCCC1Cc1cn(C)nn1. The van der Waals surface area contributed by atoms with Crippen molar-refractivity contribution in [1.82, 2.24) is 20.3 Å². The van der Waals surface area contributed by atoms with Crippen molar-refractivity contribution in [3.8, 4) is 0 Å². The van der Waals surface area contributed by atoms with Crippen molar-refractivity contribution < 1.29 is 0 Å². The Hall–Kier alpha value is -0.900. The van der Waals surface area contributed by atoms with Crippen LogP contribution in [0.2, 0.25) is 0 Å². The van der Waals surface area contributed by atoms with Gasteiger partial charge in [-0.1, -0.05) is 31.9 Å². The van der Waals surface area contributed by atoms with Crippen LogP contribution in [0.15, 0.2) is 6.20 Å². The zero-order chi connectivity index (χ0) is 13.7. The molecule has 1 aromatic heterocycles. The van der Waals surface area contributed by atoms with Crippen molar-refractivity contribution in [2.45, 2.75) is 46.0 Å². The fraction of sp³-hybridized carbons (Fsp3) is 0.867. The maximum absolute atomic E-state index is 4.25. The van der Waals surface area contributed by atoms with Crippen molar-refractivity contribution in [2.75, 3.05) is 13.1 Å². The van der Waals surface area contributed by atoms with E-state index in [9.17, 15) is 0 Å². The lowest BCUT2D eigenvalue weighted by Crippen LogP contribution is -2.33. The van der Waals surface area contributed by atoms with E-state index in [0.29, 0.717) is 0 Å². The van der Waals surface area contributed by atoms with Gasteiger partial charge in [0.15, 0.2) is 0 Å². The predicted molar refractivity (Wildman–Crippen MR) is 77.9 cm³/mol. The van der Waals surface area contributed by atoms with E-state index < -0.39 is 0 Å². The van der Waals surface area contributed by atoms with Gasteiger partial charge >= 0.3 is 0 Å². The van der Waals surface area contributed by atoms with E-state index in [1.807, 2.05) is 11.7 Å². The Bertz CT molecular complexity index is 372. The van der Waals surface area contributed by atoms with E-state index in [0.717, 1.165) is 36.4 Å². The Labute approximate surface area is 117 Å². The highest BCUT2D eigenvalue weighted by Gasteiger charge is 2.25. The van der Waals surface area contributed by atoms with Gasteiger partial charge in [-0.05, 0) is 50.1 Å². The molecule has 4 nitrogen and oxygen atoms in total. The van der Waals surface area contributed by atoms with Gasteiger partial charge in [-0.3, -0.25) is 4.68 Å². The summed E-state index contributed by atoms with van der Waals surface area (Å²) < 4.78 is 1.81. The fourth-order valence-corrected chi connectivity index (χ4v) is 3.14. The number of rotatable bonds is 6. The standard InChI is InChI=1S/C15H28N4/c1-12(2)9-16-10-14-7-5-4-6-13(14)8-15-11-19(3)18-17-15/h11-14,16H,4-10H2,1-3H3. The van der Waals surface area contributed by atoms with Crippen molar-refractivity contribution in [1.29, 1.82) is 0 Å². The Balaban J connectivity index is 1.84. The molecule has 0 bridgehead atoms. The fourth-order valence-electron chi connectivity index (χ4n) is 3.14. The Kier molecular flexibility index (Phi) is 5.37. The van der Waals surface area contributed by atoms with Gasteiger partial charge < -0.3 is 5.32 Å². The molecule has 1 aromatic rings. The summed E-state index contributed by atoms with van der Waals surface area (Å²) in [4.78, 5) is 0. The summed E-state index contributed by atoms with van der Waals surface area (Å²) in [5, 5.41) is 11.9. The van der Waals surface area contributed by atoms with Gasteiger partial charge in [-0.15, -0.1) is 5.10 Å². The average Bonchev–Trinajstić information content (AvgIpc) is 2.77. The molecule has 0 radical (unpaired) electrons. The molecular formula is C15H28N4. The van der Waals surface area contributed by atoms with Crippen LogP contribution < -0.4 is 5.32 Å². The summed E-state index contributed by atoms with van der Waals surface area (Å²) in [6.45, 7) is 6.84. The molecule has 1 aliphatic carbocycles. The zero-order valence-electron chi connectivity index (χ0n) is 12.6. The minimum Gasteiger partial charge on any atom is -0.316 e. The van der Waals surface area contributed by atoms with Gasteiger partial charge in [-0.25, -0.2) is 0 Å². The lowest BCUT2D eigenvalue weighted by atomic mass is 9.77. The molecule has 1 saturated carbocycles. The smallest absolute Gasteiger partial charge is 0.0829 e. The van der Waals surface area contributed by atoms with E-state index in [2.05, 4.69) is 35.7 Å². The summed E-state index contributed by atoms with van der Waals surface area (Å²) in [6, 6.07) is 0. The van der Waals surface area contributed by atoms with Gasteiger partial charge in [0.2, 0.25) is 0 Å². The molecule has 2 atom stereocenters. The highest BCUT2D eigenvalue weighted by atomic mass is 15.4. The van der Waals surface area contributed by atoms with Crippen LogP contribution in [0.4, 0.5) is 0 Å². The number of hydrogen-bond acceptors (Lipinski definition) is 3. The molecule has 2 rings (SSSR count). The minimum absolute atomic E-state index is 0.738. The van der Waals surface area contributed by atoms with Crippen LogP contribution in [0.25, 0.3) is 0 Å². The van der Waals surface area contributed by atoms with Gasteiger partial charge in [0.1, 0.15) is 0 Å². The normalized spacial score (nSPS) is 24.0. The zero-order valence-corrected chi connectivity index (χ0v) is 12.6. The summed E-state index contributed by atoms with van der Waals surface area (Å²) in [5.74, 6) is 2.33. The van der Waals surface area contributed by atoms with E-state index in [1.165, 1.54) is 32.2 Å². The molecule has 1 heterocycles. The summed E-state index contributed by atoms with van der Waals surface area (Å²) in [7, 11) is 1.94. The van der Waals surface area contributed by atoms with Crippen molar-refractivity contribution in [2.24, 2.45) is 24.8 Å². The molecule has 0 amide bonds. The highest BCUT2D eigenvalue weighted by Crippen LogP contribution is 2.31. The average molecular weight is 264 g/mol. The third kappa shape index (κ3) is 4.60. The van der Waals surface area contributed by atoms with Crippen LogP contribution >= 0.6 is 0 Å². The molecule has 2 unspecified atom stereocenters. The van der Waals surface area contributed by atoms with Gasteiger partial charge in [0.05, 0.1) is 5.69 Å². The van der Waals surface area contributed by atoms with E-state index in [-0.39, 0.29) is 0 Å². The van der Waals surface area contributed by atoms with Crippen LogP contribution in [0.1, 0.15) is 45.2 Å². The van der Waals surface area contributed by atoms with Crippen molar-refractivity contribution in [3.63, 3.8) is 0 Å². The topological polar surface area (TPSA) is 42.7 Å². The molecule has 1 N–H and O–H groups in total. The lowest BCUT2D eigenvalue weighted by molar-refractivity contribution is 0.225. The van der Waals surface area contributed by atoms with Crippen LogP contribution in [0.5, 0.6) is 0 Å². The second kappa shape index (κ2) is 7.04. The largest absolute Gasteiger partial charge is 0.316 e. The molecule has 108 valence electrons. The van der Waals surface area contributed by atoms with E-state index in [4.69, 9.17) is 0 Å². The first kappa shape index (κ1) is 14.5. The lowest BCUT2D eigenvalue weighted by Gasteiger charge is -2.31. The summed E-state index contributed by atoms with van der Waals surface area (Å²) in [5.41, 5.74) is 1.16. The third-order valence-electron chi connectivity index (χ3n) is 4.15. The number of aryl methyl sites for hydroxylation is 1. The molecule has 4 heteroatoms. The number of nitrogens with one attached hydrogen (secondary N) is 1. The molecule has 0 spiro atoms. The Morgan fingerprint density at radius 1 is 1.32 bits per heavy atom. The first-order valence-electron chi connectivity index (χ1n) is 7.71. The molecular weight excluding hydrogens is 236 g/mol. The quantitative estimate of drug-likeness (QED) is 0.858. The van der Waals surface area contributed by atoms with Crippen molar-refractivity contribution in [3.05, 3.63) is 11.9 Å². The van der Waals surface area contributed by atoms with Gasteiger partial charge in [0.25, 0.3) is 0 Å². The minimum atomic E-state index is 0.738. The van der Waals surface area contributed by atoms with Crippen molar-refractivity contribution >= 4 is 0 Å². The number of aromatic nitrogens is 3. The van der Waals surface area contributed by atoms with Crippen LogP contribution in [-0.2, 0) is 13.5 Å². The van der Waals surface area contributed by atoms with E-state index in [1.54, 1.807) is 0 Å². The van der Waals surface area contributed by atoms with Gasteiger partial charge in [0, 0.05) is 13.2 Å². The number of nitrogens with zero attached hydrogens (tertiary/aromatic N) is 3. The number of hydrogen-bond donors (Lipinski definition) is 1. The molecule has 0 saturated heterocycles. The molecule has 0 aliphatic heterocycles. The monoisotopic (exact) mass is 264 g/mol. The first-order valence-corrected chi connectivity index (χ1v) is 7.71. The van der Waals surface area contributed by atoms with Crippen LogP contribution in [-0.4, -0.2) is 28.1 Å². The molecule has 19 heavy (non-hydrogen) atoms. The third-order valence-corrected chi connectivity index (χ3v) is 4.15. The highest BCUT2D eigenvalue weighted by molar-refractivity contribution is 4.96. The van der Waals surface area contributed by atoms with Crippen LogP contribution in [0.3, 0.4) is 0 Å². The Morgan fingerprint density at radius 2 is 2.05 bits per heavy atom. The Morgan fingerprint density at radius 3 is 2.68 bits per heavy atom. The molecule has 1 aliphatic rings. The van der Waals surface area contributed by atoms with E-state index >= 15 is 0 Å². The summed E-state index contributed by atoms with van der Waals surface area (Å²) in [6.07, 6.45) is 8.66. The predicted octanol–water partition coefficient (Wildman–Crippen LogP) is 2.41. The van der Waals surface area contributed by atoms with Gasteiger partial charge in [-0.2, -0.15) is 0 Å². The second-order valence-electron chi connectivity index (χ2n) is 6.44. The molecule has 0 aromatic carbocycles. The maximum Gasteiger partial charge on any atom is 0.0829 e. The summed E-state index contributed by atoms with van der Waals surface area (Å²) >= 11 is 0. The molecule has 1 fully saturated rings. The second-order valence-corrected chi connectivity index (χ2v) is 6.44.